The van der Waals surface area contributed by atoms with E-state index >= 15 is 0 Å². The molecule has 2 aromatic rings. The van der Waals surface area contributed by atoms with Gasteiger partial charge in [-0.25, -0.2) is 0 Å². The van der Waals surface area contributed by atoms with Crippen molar-refractivity contribution < 1.29 is 9.53 Å². The van der Waals surface area contributed by atoms with Crippen molar-refractivity contribution in [3.8, 4) is 6.07 Å². The van der Waals surface area contributed by atoms with E-state index in [1.165, 1.54) is 7.11 Å². The molecule has 1 heterocycles. The number of rotatable bonds is 6. The van der Waals surface area contributed by atoms with Gasteiger partial charge >= 0.3 is 5.97 Å². The first-order chi connectivity index (χ1) is 11.1. The van der Waals surface area contributed by atoms with Gasteiger partial charge in [0, 0.05) is 12.4 Å². The van der Waals surface area contributed by atoms with Gasteiger partial charge in [0.05, 0.1) is 24.7 Å². The van der Waals surface area contributed by atoms with Gasteiger partial charge in [-0.3, -0.25) is 9.78 Å². The highest BCUT2D eigenvalue weighted by Crippen LogP contribution is 2.23. The summed E-state index contributed by atoms with van der Waals surface area (Å²) in [7, 11) is 1.41. The predicted octanol–water partition coefficient (Wildman–Crippen LogP) is 3.16. The molecule has 118 valence electrons. The number of benzene rings is 1. The molecule has 2 atom stereocenters. The van der Waals surface area contributed by atoms with Crippen LogP contribution < -0.4 is 0 Å². The number of ether oxygens (including phenoxy) is 1. The van der Waals surface area contributed by atoms with E-state index in [1.807, 2.05) is 43.5 Å². The Bertz CT molecular complexity index is 692. The minimum Gasteiger partial charge on any atom is -0.469 e. The fraction of sp³-hybridized carbons (Fsp3) is 0.316. The van der Waals surface area contributed by atoms with Crippen molar-refractivity contribution in [2.75, 3.05) is 7.11 Å². The highest BCUT2D eigenvalue weighted by Gasteiger charge is 2.26. The van der Waals surface area contributed by atoms with Crippen LogP contribution in [0.3, 0.4) is 0 Å². The summed E-state index contributed by atoms with van der Waals surface area (Å²) < 4.78 is 4.98. The fourth-order valence-electron chi connectivity index (χ4n) is 2.72. The standard InChI is InChI=1S/C19H20N2O2/c1-14(9-17-7-4-8-21-13-17)18(19(22)23-2)11-15-5-3-6-16(10-15)12-20/h3-8,10,13-14,18H,9,11H2,1-2H3. The van der Waals surface area contributed by atoms with Crippen molar-refractivity contribution in [1.82, 2.24) is 4.98 Å². The van der Waals surface area contributed by atoms with Crippen LogP contribution >= 0.6 is 0 Å². The first kappa shape index (κ1) is 16.7. The van der Waals surface area contributed by atoms with Crippen LogP contribution in [0.1, 0.15) is 23.6 Å². The lowest BCUT2D eigenvalue weighted by Gasteiger charge is -2.22. The molecular weight excluding hydrogens is 288 g/mol. The molecule has 1 aromatic heterocycles. The van der Waals surface area contributed by atoms with Crippen LogP contribution in [0.2, 0.25) is 0 Å². The van der Waals surface area contributed by atoms with Crippen molar-refractivity contribution in [3.05, 3.63) is 65.5 Å². The summed E-state index contributed by atoms with van der Waals surface area (Å²) in [6.07, 6.45) is 4.87. The lowest BCUT2D eigenvalue weighted by Crippen LogP contribution is -2.27. The maximum absolute atomic E-state index is 12.2. The van der Waals surface area contributed by atoms with Gasteiger partial charge < -0.3 is 4.74 Å². The SMILES string of the molecule is COC(=O)C(Cc1cccc(C#N)c1)C(C)Cc1cccnc1. The van der Waals surface area contributed by atoms with Crippen LogP contribution in [-0.2, 0) is 22.4 Å². The predicted molar refractivity (Wildman–Crippen MR) is 87.5 cm³/mol. The second-order valence-electron chi connectivity index (χ2n) is 5.69. The van der Waals surface area contributed by atoms with Gasteiger partial charge in [0.2, 0.25) is 0 Å². The Morgan fingerprint density at radius 1 is 1.26 bits per heavy atom. The molecule has 0 aliphatic rings. The third-order valence-electron chi connectivity index (χ3n) is 3.98. The quantitative estimate of drug-likeness (QED) is 0.769. The van der Waals surface area contributed by atoms with E-state index in [2.05, 4.69) is 11.1 Å². The molecule has 2 unspecified atom stereocenters. The van der Waals surface area contributed by atoms with Crippen LogP contribution in [0.5, 0.6) is 0 Å². The first-order valence-electron chi connectivity index (χ1n) is 7.59. The van der Waals surface area contributed by atoms with Crippen LogP contribution in [-0.4, -0.2) is 18.1 Å². The number of hydrogen-bond donors (Lipinski definition) is 0. The smallest absolute Gasteiger partial charge is 0.309 e. The number of esters is 1. The van der Waals surface area contributed by atoms with Crippen molar-refractivity contribution in [3.63, 3.8) is 0 Å². The summed E-state index contributed by atoms with van der Waals surface area (Å²) in [4.78, 5) is 16.3. The molecule has 0 amide bonds. The largest absolute Gasteiger partial charge is 0.469 e. The molecule has 0 saturated heterocycles. The number of carbonyl (C=O) groups is 1. The number of carbonyl (C=O) groups excluding carboxylic acids is 1. The van der Waals surface area contributed by atoms with Gasteiger partial charge in [-0.05, 0) is 48.1 Å². The van der Waals surface area contributed by atoms with E-state index in [1.54, 1.807) is 12.3 Å². The molecule has 2 rings (SSSR count). The number of nitriles is 1. The van der Waals surface area contributed by atoms with Gasteiger partial charge in [0.15, 0.2) is 0 Å². The lowest BCUT2D eigenvalue weighted by molar-refractivity contribution is -0.147. The summed E-state index contributed by atoms with van der Waals surface area (Å²) in [5.74, 6) is -0.365. The minimum atomic E-state index is -0.255. The maximum atomic E-state index is 12.2. The highest BCUT2D eigenvalue weighted by molar-refractivity contribution is 5.73. The first-order valence-corrected chi connectivity index (χ1v) is 7.59. The molecule has 0 spiro atoms. The van der Waals surface area contributed by atoms with E-state index in [9.17, 15) is 4.79 Å². The van der Waals surface area contributed by atoms with E-state index in [4.69, 9.17) is 10.00 Å². The highest BCUT2D eigenvalue weighted by atomic mass is 16.5. The molecule has 4 nitrogen and oxygen atoms in total. The Labute approximate surface area is 136 Å². The zero-order chi connectivity index (χ0) is 16.7. The molecule has 0 N–H and O–H groups in total. The van der Waals surface area contributed by atoms with Gasteiger partial charge in [-0.1, -0.05) is 25.1 Å². The van der Waals surface area contributed by atoms with E-state index < -0.39 is 0 Å². The Balaban J connectivity index is 2.16. The van der Waals surface area contributed by atoms with Gasteiger partial charge in [-0.15, -0.1) is 0 Å². The lowest BCUT2D eigenvalue weighted by atomic mass is 9.84. The molecule has 1 aromatic carbocycles. The average molecular weight is 308 g/mol. The van der Waals surface area contributed by atoms with Gasteiger partial charge in [0.1, 0.15) is 0 Å². The minimum absolute atomic E-state index is 0.109. The Morgan fingerprint density at radius 2 is 2.04 bits per heavy atom. The second kappa shape index (κ2) is 8.09. The fourth-order valence-corrected chi connectivity index (χ4v) is 2.72. The molecule has 0 aliphatic heterocycles. The summed E-state index contributed by atoms with van der Waals surface area (Å²) in [6, 6.07) is 13.4. The van der Waals surface area contributed by atoms with Crippen LogP contribution in [0, 0.1) is 23.2 Å². The number of methoxy groups -OCH3 is 1. The van der Waals surface area contributed by atoms with Crippen molar-refractivity contribution in [2.45, 2.75) is 19.8 Å². The third-order valence-corrected chi connectivity index (χ3v) is 3.98. The molecule has 0 aliphatic carbocycles. The maximum Gasteiger partial charge on any atom is 0.309 e. The van der Waals surface area contributed by atoms with Gasteiger partial charge in [-0.2, -0.15) is 5.26 Å². The van der Waals surface area contributed by atoms with E-state index in [0.29, 0.717) is 12.0 Å². The van der Waals surface area contributed by atoms with Crippen LogP contribution in [0.25, 0.3) is 0 Å². The number of aromatic nitrogens is 1. The normalized spacial score (nSPS) is 12.9. The number of pyridine rings is 1. The summed E-state index contributed by atoms with van der Waals surface area (Å²) in [5.41, 5.74) is 2.67. The number of nitrogens with zero attached hydrogens (tertiary/aromatic N) is 2. The monoisotopic (exact) mass is 308 g/mol. The zero-order valence-corrected chi connectivity index (χ0v) is 13.4. The summed E-state index contributed by atoms with van der Waals surface area (Å²) in [6.45, 7) is 2.04. The Hall–Kier alpha value is -2.67. The average Bonchev–Trinajstić information content (AvgIpc) is 2.60. The van der Waals surface area contributed by atoms with Crippen molar-refractivity contribution in [2.24, 2.45) is 11.8 Å². The third kappa shape index (κ3) is 4.65. The topological polar surface area (TPSA) is 63.0 Å². The second-order valence-corrected chi connectivity index (χ2v) is 5.69. The molecule has 0 radical (unpaired) electrons. The summed E-state index contributed by atoms with van der Waals surface area (Å²) >= 11 is 0. The molecular formula is C19H20N2O2. The van der Waals surface area contributed by atoms with E-state index in [-0.39, 0.29) is 17.8 Å². The van der Waals surface area contributed by atoms with E-state index in [0.717, 1.165) is 17.5 Å². The zero-order valence-electron chi connectivity index (χ0n) is 13.4. The molecule has 4 heteroatoms. The van der Waals surface area contributed by atoms with Crippen LogP contribution in [0.15, 0.2) is 48.8 Å². The Morgan fingerprint density at radius 3 is 2.70 bits per heavy atom. The molecule has 0 fully saturated rings. The summed E-state index contributed by atoms with van der Waals surface area (Å²) in [5, 5.41) is 9.01. The number of hydrogen-bond acceptors (Lipinski definition) is 4. The molecule has 0 saturated carbocycles. The molecule has 0 bridgehead atoms. The van der Waals surface area contributed by atoms with Gasteiger partial charge in [0.25, 0.3) is 0 Å². The van der Waals surface area contributed by atoms with Crippen molar-refractivity contribution in [1.29, 1.82) is 5.26 Å². The Kier molecular flexibility index (Phi) is 5.87. The molecule has 23 heavy (non-hydrogen) atoms. The van der Waals surface area contributed by atoms with Crippen molar-refractivity contribution >= 4 is 5.97 Å². The van der Waals surface area contributed by atoms with Crippen LogP contribution in [0.4, 0.5) is 0 Å².